The van der Waals surface area contributed by atoms with Crippen LogP contribution in [0.1, 0.15) is 175 Å². The van der Waals surface area contributed by atoms with Crippen molar-refractivity contribution < 1.29 is 94.3 Å². The second-order valence-corrected chi connectivity index (χ2v) is 29.3. The van der Waals surface area contributed by atoms with Gasteiger partial charge in [0.2, 0.25) is 11.4 Å². The van der Waals surface area contributed by atoms with E-state index in [0.717, 1.165) is 11.1 Å². The van der Waals surface area contributed by atoms with Gasteiger partial charge in [-0.15, -0.1) is 95.1 Å². The van der Waals surface area contributed by atoms with Crippen molar-refractivity contribution in [1.82, 2.24) is 29.9 Å². The fourth-order valence-corrected chi connectivity index (χ4v) is 12.4. The Hall–Kier alpha value is -10.4. The second-order valence-electron chi connectivity index (χ2n) is 29.3. The summed E-state index contributed by atoms with van der Waals surface area (Å²) in [5.41, 5.74) is 5.72. The number of aryl methyl sites for hydroxylation is 9. The molecule has 10 heteroatoms. The Labute approximate surface area is 736 Å². The summed E-state index contributed by atoms with van der Waals surface area (Å²) in [6, 6.07) is 68.0. The topological polar surface area (TPSA) is 104 Å². The molecular formula is C102H98Ir2N6O2-4. The van der Waals surface area contributed by atoms with Gasteiger partial charge in [0.15, 0.2) is 0 Å². The molecule has 0 spiro atoms. The van der Waals surface area contributed by atoms with Crippen LogP contribution in [0.3, 0.4) is 0 Å². The quantitative estimate of drug-likeness (QED) is 0.118. The minimum Gasteiger partial charge on any atom is -0.486 e. The Morgan fingerprint density at radius 1 is 0.339 bits per heavy atom. The first-order chi connectivity index (χ1) is 65.8. The molecular weight excluding hydrogens is 1730 g/mol. The molecule has 8 aromatic carbocycles. The third kappa shape index (κ3) is 19.9. The SMILES string of the molecule is [2H]C([2H])([2H])c1c[c-]c(-c2ccc(C([2H])([2H])C(C)(C)C)cn2)cc1-c1ccccc1.[2H]C([2H])([2H])c1ccc(-c2[c-]cc(C([2H])([2H])[2H])c(-c3ccccc3)c2)nc1.[2H]C([2H])([2H])c1ccc2c(n1)oc1c(-c3cc(-c4ccc(C([2H])([2H])C(C)(C)C)cc4C([2H])([2H])[2H])c(C([2H])([2H])[2H])cn3)[c-]ccc12.[2H]C([2H])([2H])c1ccc2c(n1)oc1c(-c3cc(-c4ccc(C([2H])([2H])C(C)(C)C)cc4C([2H])([2H])[2H])c(C([2H])([2H])[2H])cn3)[c-]ccc12.[Ir].[Ir]. The van der Waals surface area contributed by atoms with E-state index in [9.17, 15) is 0 Å². The van der Waals surface area contributed by atoms with Gasteiger partial charge in [0.1, 0.15) is 0 Å². The molecule has 570 valence electrons. The standard InChI is InChI=1S/2C30H29N2O.C23H24N.C19H16N.2Ir/c2*1-18-14-21(16-30(4,5)6)11-13-22(18)26-15-27(31-17-19(26)2)25-9-7-8-23-24-12-10-20(3)32-29(24)33-28(23)25;1-17-10-12-20(14-21(17)19-8-6-5-7-9-19)22-13-11-18(16-24-22)15-23(2,3)4;1-14-8-11-19(20-13-14)17-10-9-15(2)18(12-17)16-6-4-3-5-7-16;;/h2*7-8,10-15,17H,16H2,1-6H3;5-11,13-14,16H,15H2,1-4H3;3-9,11-13H,1-2H3;;/q4*-1;;/i2*1D3,2D3,3D3,16D2;1D3,15D2;1D3,2D3;;. The molecule has 16 aromatic rings. The molecule has 0 aliphatic carbocycles. The van der Waals surface area contributed by atoms with Gasteiger partial charge < -0.3 is 28.8 Å². The van der Waals surface area contributed by atoms with Gasteiger partial charge in [0.25, 0.3) is 0 Å². The summed E-state index contributed by atoms with van der Waals surface area (Å²) in [4.78, 5) is 25.8. The van der Waals surface area contributed by atoms with E-state index in [0.29, 0.717) is 83.0 Å². The van der Waals surface area contributed by atoms with Crippen LogP contribution < -0.4 is 0 Å². The summed E-state index contributed by atoms with van der Waals surface area (Å²) in [7, 11) is 0. The monoisotopic (exact) mass is 1860 g/mol. The van der Waals surface area contributed by atoms with E-state index in [-0.39, 0.29) is 147 Å². The van der Waals surface area contributed by atoms with Crippen LogP contribution in [0.5, 0.6) is 0 Å². The third-order valence-electron chi connectivity index (χ3n) is 17.2. The zero-order valence-corrected chi connectivity index (χ0v) is 67.4. The van der Waals surface area contributed by atoms with E-state index in [1.807, 2.05) is 81.4 Å². The minimum absolute atomic E-state index is 0. The molecule has 8 heterocycles. The zero-order chi connectivity index (χ0) is 106. The van der Waals surface area contributed by atoms with Crippen molar-refractivity contribution in [1.29, 1.82) is 0 Å². The predicted molar refractivity (Wildman–Crippen MR) is 458 cm³/mol. The third-order valence-corrected chi connectivity index (χ3v) is 17.2. The van der Waals surface area contributed by atoms with Crippen molar-refractivity contribution in [3.63, 3.8) is 0 Å². The van der Waals surface area contributed by atoms with Gasteiger partial charge in [-0.1, -0.05) is 243 Å². The number of benzene rings is 8. The largest absolute Gasteiger partial charge is 0.486 e. The molecule has 112 heavy (non-hydrogen) atoms. The van der Waals surface area contributed by atoms with Crippen LogP contribution in [0.2, 0.25) is 0 Å². The van der Waals surface area contributed by atoms with E-state index in [1.54, 1.807) is 114 Å². The van der Waals surface area contributed by atoms with Crippen molar-refractivity contribution in [2.75, 3.05) is 0 Å². The number of rotatable bonds is 11. The number of pyridine rings is 6. The van der Waals surface area contributed by atoms with Crippen LogP contribution in [0.25, 0.3) is 134 Å². The van der Waals surface area contributed by atoms with Crippen LogP contribution in [0.15, 0.2) is 240 Å². The van der Waals surface area contributed by atoms with Crippen molar-refractivity contribution >= 4 is 44.1 Å². The van der Waals surface area contributed by atoms with Crippen LogP contribution in [-0.2, 0) is 59.3 Å². The van der Waals surface area contributed by atoms with Gasteiger partial charge in [0, 0.05) is 132 Å². The average Bonchev–Trinajstić information content (AvgIpc) is 1.50. The summed E-state index contributed by atoms with van der Waals surface area (Å²) < 4.78 is 277. The molecule has 0 aliphatic heterocycles. The summed E-state index contributed by atoms with van der Waals surface area (Å²) in [6.07, 6.45) is -0.0949. The molecule has 8 aromatic heterocycles. The minimum atomic E-state index is -2.70. The maximum atomic E-state index is 8.69. The Bertz CT molecular complexity index is 7110. The molecule has 16 rings (SSSR count). The molecule has 0 bridgehead atoms. The van der Waals surface area contributed by atoms with Gasteiger partial charge in [-0.3, -0.25) is 0 Å². The van der Waals surface area contributed by atoms with Crippen molar-refractivity contribution in [3.8, 4) is 89.5 Å². The zero-order valence-electron chi connectivity index (χ0n) is 95.6. The molecule has 0 aliphatic rings. The van der Waals surface area contributed by atoms with E-state index in [2.05, 4.69) is 54.2 Å². The fourth-order valence-electron chi connectivity index (χ4n) is 12.4. The molecule has 0 saturated heterocycles. The van der Waals surface area contributed by atoms with Crippen LogP contribution in [-0.4, -0.2) is 29.9 Å². The van der Waals surface area contributed by atoms with Crippen molar-refractivity contribution in [3.05, 3.63) is 322 Å². The average molecular weight is 1860 g/mol. The van der Waals surface area contributed by atoms with Crippen molar-refractivity contribution in [2.45, 2.75) is 143 Å². The van der Waals surface area contributed by atoms with Crippen molar-refractivity contribution in [2.24, 2.45) is 16.2 Å². The number of aromatic nitrogens is 6. The molecule has 2 radical (unpaired) electrons. The predicted octanol–water partition coefficient (Wildman–Crippen LogP) is 27.0. The van der Waals surface area contributed by atoms with Gasteiger partial charge in [-0.25, -0.2) is 9.97 Å². The number of hydrogen-bond donors (Lipinski definition) is 0. The van der Waals surface area contributed by atoms with Gasteiger partial charge in [0.05, 0.1) is 11.2 Å². The number of hydrogen-bond acceptors (Lipinski definition) is 8. The number of nitrogens with zero attached hydrogens (tertiary/aromatic N) is 6. The second kappa shape index (κ2) is 35.1. The van der Waals surface area contributed by atoms with Crippen LogP contribution >= 0.6 is 0 Å². The van der Waals surface area contributed by atoms with E-state index in [1.165, 1.54) is 97.5 Å². The molecule has 0 fully saturated rings. The summed E-state index contributed by atoms with van der Waals surface area (Å²) in [6.45, 7) is -6.47. The van der Waals surface area contributed by atoms with Crippen LogP contribution in [0.4, 0.5) is 0 Å². The van der Waals surface area contributed by atoms with E-state index in [4.69, 9.17) is 54.1 Å². The van der Waals surface area contributed by atoms with Crippen LogP contribution in [0, 0.1) is 102 Å². The molecule has 0 saturated carbocycles. The fraction of sp³-hybridized carbons (Fsp3) is 0.235. The molecule has 8 nitrogen and oxygen atoms in total. The first-order valence-electron chi connectivity index (χ1n) is 51.8. The summed E-state index contributed by atoms with van der Waals surface area (Å²) in [5.74, 6) is 0. The normalized spacial score (nSPS) is 17.2. The Balaban J connectivity index is 0.000000188. The molecule has 0 N–H and O–H groups in total. The molecule has 0 unspecified atom stereocenters. The Kier molecular flexibility index (Phi) is 15.4. The summed E-state index contributed by atoms with van der Waals surface area (Å²) >= 11 is 0. The van der Waals surface area contributed by atoms with E-state index < -0.39 is 97.0 Å². The van der Waals surface area contributed by atoms with Gasteiger partial charge in [-0.05, 0) is 208 Å². The Morgan fingerprint density at radius 3 is 1.15 bits per heavy atom. The smallest absolute Gasteiger partial charge is 0.216 e. The summed E-state index contributed by atoms with van der Waals surface area (Å²) in [5, 5.41) is 2.35. The Morgan fingerprint density at radius 2 is 0.759 bits per heavy atom. The van der Waals surface area contributed by atoms with E-state index >= 15 is 0 Å². The number of furan rings is 2. The number of fused-ring (bicyclic) bond motifs is 6. The molecule has 0 amide bonds. The van der Waals surface area contributed by atoms with Gasteiger partial charge >= 0.3 is 0 Å². The van der Waals surface area contributed by atoms with Gasteiger partial charge in [-0.2, -0.15) is 0 Å². The maximum Gasteiger partial charge on any atom is 0.216 e. The first-order valence-corrected chi connectivity index (χ1v) is 35.3. The maximum absolute atomic E-state index is 8.69. The first kappa shape index (κ1) is 49.1. The molecule has 0 atom stereocenters.